The number of methoxy groups -OCH3 is 1. The lowest BCUT2D eigenvalue weighted by Gasteiger charge is -2.10. The van der Waals surface area contributed by atoms with E-state index >= 15 is 0 Å². The van der Waals surface area contributed by atoms with E-state index in [1.807, 2.05) is 24.3 Å². The average molecular weight is 360 g/mol. The molecule has 1 aliphatic rings. The summed E-state index contributed by atoms with van der Waals surface area (Å²) in [6.07, 6.45) is 1.10. The van der Waals surface area contributed by atoms with Gasteiger partial charge in [0.15, 0.2) is 0 Å². The molecule has 0 fully saturated rings. The Bertz CT molecular complexity index is 915. The van der Waals surface area contributed by atoms with Gasteiger partial charge in [0.2, 0.25) is 0 Å². The maximum absolute atomic E-state index is 6.01. The first-order valence-electron chi connectivity index (χ1n) is 9.39. The Morgan fingerprint density at radius 1 is 0.926 bits per heavy atom. The van der Waals surface area contributed by atoms with Crippen LogP contribution in [-0.4, -0.2) is 13.7 Å². The topological polar surface area (TPSA) is 27.7 Å². The van der Waals surface area contributed by atoms with Gasteiger partial charge in [-0.2, -0.15) is 0 Å². The van der Waals surface area contributed by atoms with Crippen molar-refractivity contribution in [3.8, 4) is 28.4 Å². The molecule has 0 bridgehead atoms. The van der Waals surface area contributed by atoms with Crippen molar-refractivity contribution < 1.29 is 14.2 Å². The molecule has 0 aliphatic carbocycles. The molecule has 4 rings (SSSR count). The second kappa shape index (κ2) is 7.75. The van der Waals surface area contributed by atoms with Crippen molar-refractivity contribution in [2.75, 3.05) is 13.7 Å². The van der Waals surface area contributed by atoms with Gasteiger partial charge in [-0.3, -0.25) is 0 Å². The molecule has 1 aliphatic heterocycles. The number of hydrogen-bond acceptors (Lipinski definition) is 3. The fraction of sp³-hybridized carbons (Fsp3) is 0.250. The van der Waals surface area contributed by atoms with Gasteiger partial charge in [0.05, 0.1) is 13.7 Å². The summed E-state index contributed by atoms with van der Waals surface area (Å²) in [5.41, 5.74) is 4.76. The van der Waals surface area contributed by atoms with E-state index in [0.717, 1.165) is 41.4 Å². The Hall–Kier alpha value is -2.94. The number of benzene rings is 3. The van der Waals surface area contributed by atoms with Crippen molar-refractivity contribution in [1.29, 1.82) is 0 Å². The van der Waals surface area contributed by atoms with E-state index in [2.05, 4.69) is 49.4 Å². The standard InChI is InChI=1S/C24H24O3/c1-3-18-16-27-24-14-22(11-12-23(18)24)26-15-17-5-4-6-20(13-17)19-7-9-21(25-2)10-8-19/h4-14,18H,3,15-16H2,1-2H3/t18-/m1/s1. The summed E-state index contributed by atoms with van der Waals surface area (Å²) >= 11 is 0. The quantitative estimate of drug-likeness (QED) is 0.554. The molecular formula is C24H24O3. The molecule has 0 amide bonds. The van der Waals surface area contributed by atoms with Crippen LogP contribution < -0.4 is 14.2 Å². The fourth-order valence-corrected chi connectivity index (χ4v) is 3.48. The lowest BCUT2D eigenvalue weighted by molar-refractivity contribution is 0.300. The van der Waals surface area contributed by atoms with Gasteiger partial charge in [0.25, 0.3) is 0 Å². The largest absolute Gasteiger partial charge is 0.497 e. The molecule has 0 aromatic heterocycles. The molecule has 3 nitrogen and oxygen atoms in total. The summed E-state index contributed by atoms with van der Waals surface area (Å²) in [5, 5.41) is 0. The molecule has 0 unspecified atom stereocenters. The van der Waals surface area contributed by atoms with Gasteiger partial charge in [-0.1, -0.05) is 43.3 Å². The van der Waals surface area contributed by atoms with E-state index in [4.69, 9.17) is 14.2 Å². The summed E-state index contributed by atoms with van der Waals surface area (Å²) in [5.74, 6) is 3.18. The molecular weight excluding hydrogens is 336 g/mol. The van der Waals surface area contributed by atoms with Crippen molar-refractivity contribution >= 4 is 0 Å². The SMILES string of the molecule is CC[C@@H]1COc2cc(OCc3cccc(-c4ccc(OC)cc4)c3)ccc21. The van der Waals surface area contributed by atoms with E-state index in [-0.39, 0.29) is 0 Å². The molecule has 0 saturated carbocycles. The molecule has 0 radical (unpaired) electrons. The van der Waals surface area contributed by atoms with E-state index in [0.29, 0.717) is 12.5 Å². The molecule has 3 heteroatoms. The zero-order valence-corrected chi connectivity index (χ0v) is 15.8. The van der Waals surface area contributed by atoms with Crippen molar-refractivity contribution in [3.63, 3.8) is 0 Å². The van der Waals surface area contributed by atoms with Crippen molar-refractivity contribution in [2.24, 2.45) is 0 Å². The minimum Gasteiger partial charge on any atom is -0.497 e. The molecule has 1 atom stereocenters. The minimum atomic E-state index is 0.509. The molecule has 3 aromatic carbocycles. The second-order valence-corrected chi connectivity index (χ2v) is 6.83. The monoisotopic (exact) mass is 360 g/mol. The van der Waals surface area contributed by atoms with Crippen LogP contribution in [0.1, 0.15) is 30.4 Å². The van der Waals surface area contributed by atoms with Gasteiger partial charge in [-0.15, -0.1) is 0 Å². The first-order chi connectivity index (χ1) is 13.3. The number of ether oxygens (including phenoxy) is 3. The molecule has 138 valence electrons. The second-order valence-electron chi connectivity index (χ2n) is 6.83. The van der Waals surface area contributed by atoms with Crippen molar-refractivity contribution in [3.05, 3.63) is 77.9 Å². The van der Waals surface area contributed by atoms with E-state index in [1.165, 1.54) is 11.1 Å². The third-order valence-corrected chi connectivity index (χ3v) is 5.11. The van der Waals surface area contributed by atoms with Crippen LogP contribution in [0.15, 0.2) is 66.7 Å². The van der Waals surface area contributed by atoms with Crippen LogP contribution in [0.4, 0.5) is 0 Å². The zero-order chi connectivity index (χ0) is 18.6. The Morgan fingerprint density at radius 3 is 2.52 bits per heavy atom. The Balaban J connectivity index is 1.46. The van der Waals surface area contributed by atoms with Gasteiger partial charge in [-0.25, -0.2) is 0 Å². The third-order valence-electron chi connectivity index (χ3n) is 5.11. The summed E-state index contributed by atoms with van der Waals surface area (Å²) in [4.78, 5) is 0. The van der Waals surface area contributed by atoms with Crippen LogP contribution in [0.3, 0.4) is 0 Å². The summed E-state index contributed by atoms with van der Waals surface area (Å²) < 4.78 is 17.0. The lowest BCUT2D eigenvalue weighted by atomic mass is 9.99. The van der Waals surface area contributed by atoms with Gasteiger partial charge in [0.1, 0.15) is 23.9 Å². The van der Waals surface area contributed by atoms with Crippen LogP contribution in [-0.2, 0) is 6.61 Å². The van der Waals surface area contributed by atoms with Crippen LogP contribution in [0.25, 0.3) is 11.1 Å². The summed E-state index contributed by atoms with van der Waals surface area (Å²) in [6, 6.07) is 22.7. The maximum Gasteiger partial charge on any atom is 0.126 e. The highest BCUT2D eigenvalue weighted by Gasteiger charge is 2.22. The minimum absolute atomic E-state index is 0.509. The Kier molecular flexibility index (Phi) is 5.01. The van der Waals surface area contributed by atoms with Crippen molar-refractivity contribution in [2.45, 2.75) is 25.9 Å². The number of hydrogen-bond donors (Lipinski definition) is 0. The highest BCUT2D eigenvalue weighted by molar-refractivity contribution is 5.64. The van der Waals surface area contributed by atoms with E-state index in [9.17, 15) is 0 Å². The lowest BCUT2D eigenvalue weighted by Crippen LogP contribution is -1.97. The molecule has 0 saturated heterocycles. The van der Waals surface area contributed by atoms with Crippen LogP contribution >= 0.6 is 0 Å². The van der Waals surface area contributed by atoms with Gasteiger partial charge < -0.3 is 14.2 Å². The predicted octanol–water partition coefficient (Wildman–Crippen LogP) is 5.83. The Morgan fingerprint density at radius 2 is 1.74 bits per heavy atom. The van der Waals surface area contributed by atoms with E-state index in [1.54, 1.807) is 7.11 Å². The molecule has 0 spiro atoms. The van der Waals surface area contributed by atoms with Gasteiger partial charge >= 0.3 is 0 Å². The molecule has 27 heavy (non-hydrogen) atoms. The zero-order valence-electron chi connectivity index (χ0n) is 15.8. The fourth-order valence-electron chi connectivity index (χ4n) is 3.48. The van der Waals surface area contributed by atoms with Gasteiger partial charge in [-0.05, 0) is 47.4 Å². The van der Waals surface area contributed by atoms with E-state index < -0.39 is 0 Å². The normalized spacial score (nSPS) is 15.1. The number of rotatable bonds is 6. The predicted molar refractivity (Wildman–Crippen MR) is 108 cm³/mol. The molecule has 0 N–H and O–H groups in total. The smallest absolute Gasteiger partial charge is 0.126 e. The first-order valence-corrected chi connectivity index (χ1v) is 9.39. The molecule has 3 aromatic rings. The van der Waals surface area contributed by atoms with Crippen LogP contribution in [0.5, 0.6) is 17.2 Å². The average Bonchev–Trinajstić information content (AvgIpc) is 3.15. The maximum atomic E-state index is 6.01. The highest BCUT2D eigenvalue weighted by Crippen LogP contribution is 2.38. The van der Waals surface area contributed by atoms with Gasteiger partial charge in [0, 0.05) is 17.5 Å². The first kappa shape index (κ1) is 17.5. The van der Waals surface area contributed by atoms with Crippen LogP contribution in [0, 0.1) is 0 Å². The van der Waals surface area contributed by atoms with Crippen LogP contribution in [0.2, 0.25) is 0 Å². The van der Waals surface area contributed by atoms with Crippen molar-refractivity contribution in [1.82, 2.24) is 0 Å². The highest BCUT2D eigenvalue weighted by atomic mass is 16.5. The molecule has 1 heterocycles. The summed E-state index contributed by atoms with van der Waals surface area (Å²) in [7, 11) is 1.68. The Labute approximate surface area is 160 Å². The summed E-state index contributed by atoms with van der Waals surface area (Å²) in [6.45, 7) is 3.50. The number of fused-ring (bicyclic) bond motifs is 1. The third kappa shape index (κ3) is 3.77.